The average Bonchev–Trinajstić information content (AvgIpc) is 1.63. The Kier molecular flexibility index (Phi) is 30.4. The van der Waals surface area contributed by atoms with Gasteiger partial charge in [0.1, 0.15) is 29.6 Å². The number of fused-ring (bicyclic) bond motifs is 1. The summed E-state index contributed by atoms with van der Waals surface area (Å²) in [5, 5.41) is 1.16. The second kappa shape index (κ2) is 39.9. The largest absolute Gasteiger partial charge is 0.496 e. The van der Waals surface area contributed by atoms with Crippen molar-refractivity contribution >= 4 is 28.6 Å². The van der Waals surface area contributed by atoms with Crippen molar-refractivity contribution in [1.82, 2.24) is 29.1 Å². The number of primary amides is 1. The lowest BCUT2D eigenvalue weighted by Gasteiger charge is -2.33. The zero-order valence-electron chi connectivity index (χ0n) is 63.8. The van der Waals surface area contributed by atoms with Gasteiger partial charge in [0.25, 0.3) is 0 Å². The smallest absolute Gasteiger partial charge is 0.248 e. The summed E-state index contributed by atoms with van der Waals surface area (Å²) in [6, 6.07) is 35.4. The molecule has 0 saturated carbocycles. The molecule has 2 unspecified atom stereocenters. The minimum Gasteiger partial charge on any atom is -0.496 e. The lowest BCUT2D eigenvalue weighted by Crippen LogP contribution is -2.36. The molecule has 104 heavy (non-hydrogen) atoms. The fraction of sp³-hybridized carbons (Fsp3) is 0.570. The fourth-order valence-electron chi connectivity index (χ4n) is 15.6. The minimum absolute atomic E-state index is 0.0111. The van der Waals surface area contributed by atoms with Crippen LogP contribution >= 0.6 is 0 Å². The number of nitrogens with zero attached hydrogens (tertiary/aromatic N) is 6. The van der Waals surface area contributed by atoms with E-state index >= 15 is 0 Å². The van der Waals surface area contributed by atoms with Crippen LogP contribution in [0.1, 0.15) is 173 Å². The number of rotatable bonds is 25. The van der Waals surface area contributed by atoms with Gasteiger partial charge < -0.3 is 72.7 Å². The van der Waals surface area contributed by atoms with E-state index in [1.807, 2.05) is 92.1 Å². The number of carbonyl (C=O) groups is 3. The van der Waals surface area contributed by atoms with Crippen molar-refractivity contribution in [2.24, 2.45) is 5.73 Å². The lowest BCUT2D eigenvalue weighted by atomic mass is 10.0. The van der Waals surface area contributed by atoms with Crippen molar-refractivity contribution in [2.75, 3.05) is 126 Å². The number of ether oxygens (including phenoxy) is 8. The van der Waals surface area contributed by atoms with Gasteiger partial charge in [0.05, 0.1) is 59.6 Å². The molecule has 7 aliphatic heterocycles. The van der Waals surface area contributed by atoms with E-state index in [4.69, 9.17) is 43.6 Å². The number of carbonyl (C=O) groups excluding carboxylic acids is 3. The Morgan fingerprint density at radius 1 is 0.500 bits per heavy atom. The van der Waals surface area contributed by atoms with Crippen LogP contribution in [0.2, 0.25) is 0 Å². The van der Waals surface area contributed by atoms with Crippen LogP contribution in [0.4, 0.5) is 0 Å². The Morgan fingerprint density at radius 3 is 1.40 bits per heavy atom. The van der Waals surface area contributed by atoms with Crippen LogP contribution < -0.4 is 24.7 Å². The van der Waals surface area contributed by atoms with Crippen LogP contribution in [0.3, 0.4) is 0 Å². The molecule has 2 N–H and O–H groups in total. The van der Waals surface area contributed by atoms with Crippen LogP contribution in [-0.2, 0) is 73.5 Å². The Balaban J connectivity index is 0.000000153. The van der Waals surface area contributed by atoms with Gasteiger partial charge >= 0.3 is 0 Å². The highest BCUT2D eigenvalue weighted by molar-refractivity contribution is 5.97. The average molecular weight is 1430 g/mol. The van der Waals surface area contributed by atoms with Crippen molar-refractivity contribution < 1.29 is 52.3 Å². The first-order valence-electron chi connectivity index (χ1n) is 39.0. The van der Waals surface area contributed by atoms with Crippen molar-refractivity contribution in [3.8, 4) is 23.0 Å². The summed E-state index contributed by atoms with van der Waals surface area (Å²) in [5.41, 5.74) is 15.7. The van der Waals surface area contributed by atoms with E-state index in [-0.39, 0.29) is 29.9 Å². The minimum atomic E-state index is -0.528. The van der Waals surface area contributed by atoms with E-state index in [1.54, 1.807) is 27.4 Å². The Hall–Kier alpha value is -7.29. The van der Waals surface area contributed by atoms with Crippen molar-refractivity contribution in [3.63, 3.8) is 0 Å². The highest BCUT2D eigenvalue weighted by atomic mass is 16.7. The van der Waals surface area contributed by atoms with Gasteiger partial charge in [-0.15, -0.1) is 0 Å². The van der Waals surface area contributed by atoms with Gasteiger partial charge in [-0.1, -0.05) is 80.1 Å². The molecule has 566 valence electrons. The molecule has 8 heterocycles. The molecule has 3 amide bonds. The van der Waals surface area contributed by atoms with Gasteiger partial charge in [0.2, 0.25) is 17.7 Å². The van der Waals surface area contributed by atoms with Gasteiger partial charge in [0.15, 0.2) is 11.6 Å². The molecule has 13 rings (SSSR count). The van der Waals surface area contributed by atoms with Crippen LogP contribution in [0.25, 0.3) is 10.9 Å². The first-order valence-corrected chi connectivity index (χ1v) is 39.0. The third kappa shape index (κ3) is 24.4. The quantitative estimate of drug-likeness (QED) is 0.0537. The number of likely N-dealkylation sites (tertiary alicyclic amines) is 5. The summed E-state index contributed by atoms with van der Waals surface area (Å²) >= 11 is 0. The second-order valence-corrected chi connectivity index (χ2v) is 30.2. The summed E-state index contributed by atoms with van der Waals surface area (Å²) in [5.74, 6) is 2.70. The Morgan fingerprint density at radius 2 is 0.933 bits per heavy atom. The maximum Gasteiger partial charge on any atom is 0.248 e. The lowest BCUT2D eigenvalue weighted by molar-refractivity contribution is -0.138. The summed E-state index contributed by atoms with van der Waals surface area (Å²) in [6.45, 7) is 27.3. The number of hydrogen-bond donors (Lipinski definition) is 1. The summed E-state index contributed by atoms with van der Waals surface area (Å²) in [7, 11) is 5.19. The summed E-state index contributed by atoms with van der Waals surface area (Å²) in [6.07, 6.45) is 27.1. The number of amides is 3. The van der Waals surface area contributed by atoms with E-state index in [1.165, 1.54) is 99.8 Å². The third-order valence-corrected chi connectivity index (χ3v) is 21.5. The standard InChI is InChI=1S/C30H40N4O2.C20H29NO4.C20H31NO3.C16H21NO2/c1-36-29-8-5-23(9-16-32-14-3-2-4-15-32)21-25(29)10-17-33-18-12-27(13-19-33)34-20-11-24-6-7-26(30(31)35)22-28(24)34;1-20(2)24-14-17(25-20)13-16-11-15(7-8-18(16)23-3)12-19(22)21-9-5-4-6-10-21;1-20(2)23-15-18(24-20)14-17-13-16(7-8-19(17)22-3)9-12-21-10-5-4-6-11-21;1-2-12-19-15-8-6-14(7-9-15)13-16(18)17-10-4-3-5-11-17/h5-8,11,20-22,27H,2-4,9-10,12-19H2,1H3,(H2,31,35);7-8,11,17H,4-6,9-10,12-14H2,1-3H3;7-8,13,18H,4-6,9-12,14-15H2,1-3H3;2,6-9H,1,3-5,10-13H2. The van der Waals surface area contributed by atoms with E-state index in [0.717, 1.165) is 180 Å². The molecule has 5 aromatic carbocycles. The van der Waals surface area contributed by atoms with Crippen LogP contribution in [0, 0.1) is 0 Å². The monoisotopic (exact) mass is 1430 g/mol. The van der Waals surface area contributed by atoms with Crippen molar-refractivity contribution in [1.29, 1.82) is 0 Å². The normalized spacial score (nSPS) is 20.1. The van der Waals surface area contributed by atoms with Gasteiger partial charge in [-0.3, -0.25) is 14.4 Å². The molecule has 18 nitrogen and oxygen atoms in total. The van der Waals surface area contributed by atoms with E-state index < -0.39 is 11.6 Å². The number of benzene rings is 5. The number of aromatic nitrogens is 1. The molecule has 0 bridgehead atoms. The van der Waals surface area contributed by atoms with Gasteiger partial charge in [-0.05, 0) is 243 Å². The molecule has 7 saturated heterocycles. The highest BCUT2D eigenvalue weighted by Crippen LogP contribution is 2.33. The Labute approximate surface area is 620 Å². The maximum atomic E-state index is 12.5. The zero-order valence-corrected chi connectivity index (χ0v) is 63.8. The molecule has 0 radical (unpaired) electrons. The predicted molar refractivity (Wildman–Crippen MR) is 413 cm³/mol. The van der Waals surface area contributed by atoms with Crippen LogP contribution in [0.5, 0.6) is 23.0 Å². The molecular formula is C86H121N7O11. The fourth-order valence-corrected chi connectivity index (χ4v) is 15.6. The van der Waals surface area contributed by atoms with Crippen LogP contribution in [-0.4, -0.2) is 197 Å². The van der Waals surface area contributed by atoms with Gasteiger partial charge in [-0.2, -0.15) is 0 Å². The number of nitrogens with two attached hydrogens (primary N) is 1. The molecular weight excluding hydrogens is 1310 g/mol. The number of methoxy groups -OCH3 is 3. The van der Waals surface area contributed by atoms with Gasteiger partial charge in [-0.25, -0.2) is 0 Å². The van der Waals surface area contributed by atoms with Crippen LogP contribution in [0.15, 0.2) is 122 Å². The first kappa shape index (κ1) is 79.3. The first-order chi connectivity index (χ1) is 50.4. The second-order valence-electron chi connectivity index (χ2n) is 30.2. The summed E-state index contributed by atoms with van der Waals surface area (Å²) in [4.78, 5) is 48.0. The third-order valence-electron chi connectivity index (χ3n) is 21.5. The molecule has 18 heteroatoms. The van der Waals surface area contributed by atoms with Gasteiger partial charge in [0, 0.05) is 95.1 Å². The molecule has 1 aromatic heterocycles. The number of hydrogen-bond acceptors (Lipinski definition) is 14. The Bertz CT molecular complexity index is 3650. The molecule has 0 aliphatic carbocycles. The van der Waals surface area contributed by atoms with Crippen molar-refractivity contribution in [3.05, 3.63) is 166 Å². The molecule has 2 atom stereocenters. The predicted octanol–water partition coefficient (Wildman–Crippen LogP) is 13.8. The number of piperidine rings is 5. The topological polar surface area (TPSA) is 172 Å². The highest BCUT2D eigenvalue weighted by Gasteiger charge is 2.35. The zero-order chi connectivity index (χ0) is 73.3. The van der Waals surface area contributed by atoms with E-state index in [2.05, 4.69) is 80.6 Å². The van der Waals surface area contributed by atoms with Crippen molar-refractivity contribution in [2.45, 2.75) is 192 Å². The molecule has 6 aromatic rings. The SMILES string of the molecule is C=CCOc1ccc(CC(=O)N2CCCCC2)cc1.COc1ccc(CC(=O)N2CCCCC2)cc1CC1COC(C)(C)O1.COc1ccc(CCN2CCCCC2)cc1CC1COC(C)(C)O1.COc1ccc(CCN2CCCCC2)cc1CCN1CCC(n2ccc3ccc(C(N)=O)cc32)CC1. The van der Waals surface area contributed by atoms with E-state index in [0.29, 0.717) is 44.3 Å². The summed E-state index contributed by atoms with van der Waals surface area (Å²) < 4.78 is 47.7. The maximum absolute atomic E-state index is 12.5. The molecule has 7 fully saturated rings. The molecule has 0 spiro atoms. The van der Waals surface area contributed by atoms with E-state index in [9.17, 15) is 14.4 Å². The molecule has 7 aliphatic rings.